The van der Waals surface area contributed by atoms with E-state index in [0.29, 0.717) is 5.92 Å². The molecule has 12 heavy (non-hydrogen) atoms. The summed E-state index contributed by atoms with van der Waals surface area (Å²) in [7, 11) is 3.70. The fraction of sp³-hybridized carbons (Fsp3) is 0.875. The second kappa shape index (κ2) is 3.76. The zero-order valence-corrected chi connectivity index (χ0v) is 8.00. The zero-order valence-electron chi connectivity index (χ0n) is 8.00. The molecule has 1 aliphatic rings. The van der Waals surface area contributed by atoms with Crippen molar-refractivity contribution >= 4 is 6.03 Å². The summed E-state index contributed by atoms with van der Waals surface area (Å²) >= 11 is 0. The fourth-order valence-corrected chi connectivity index (χ4v) is 1.68. The molecular formula is C8H17N3O. The molecule has 0 aliphatic carbocycles. The lowest BCUT2D eigenvalue weighted by molar-refractivity contribution is 0.0940. The number of amides is 2. The number of urea groups is 1. The third kappa shape index (κ3) is 2.11. The molecule has 1 unspecified atom stereocenters. The highest BCUT2D eigenvalue weighted by atomic mass is 16.2. The minimum atomic E-state index is 0.0217. The number of hydrogen-bond donors (Lipinski definition) is 1. The molecule has 1 atom stereocenters. The van der Waals surface area contributed by atoms with Gasteiger partial charge in [-0.1, -0.05) is 6.92 Å². The van der Waals surface area contributed by atoms with Crippen LogP contribution in [0, 0.1) is 5.92 Å². The maximum atomic E-state index is 11.2. The van der Waals surface area contributed by atoms with Gasteiger partial charge in [0.15, 0.2) is 0 Å². The maximum Gasteiger partial charge on any atom is 0.318 e. The molecule has 0 saturated carbocycles. The lowest BCUT2D eigenvalue weighted by atomic mass is 10.1. The molecule has 70 valence electrons. The second-order valence-electron chi connectivity index (χ2n) is 3.56. The number of carbonyl (C=O) groups excluding carboxylic acids is 1. The summed E-state index contributed by atoms with van der Waals surface area (Å²) in [5.74, 6) is 0.570. The Bertz CT molecular complexity index is 162. The van der Waals surface area contributed by atoms with Crippen molar-refractivity contribution in [3.8, 4) is 0 Å². The van der Waals surface area contributed by atoms with Gasteiger partial charge in [0.2, 0.25) is 0 Å². The Kier molecular flexibility index (Phi) is 2.92. The van der Waals surface area contributed by atoms with Gasteiger partial charge >= 0.3 is 6.03 Å². The van der Waals surface area contributed by atoms with Gasteiger partial charge in [-0.05, 0) is 13.0 Å². The van der Waals surface area contributed by atoms with Crippen molar-refractivity contribution in [2.75, 3.05) is 33.9 Å². The van der Waals surface area contributed by atoms with Crippen LogP contribution in [-0.2, 0) is 0 Å². The van der Waals surface area contributed by atoms with Crippen molar-refractivity contribution in [3.05, 3.63) is 0 Å². The molecule has 0 bridgehead atoms. The van der Waals surface area contributed by atoms with E-state index in [1.54, 1.807) is 7.05 Å². The van der Waals surface area contributed by atoms with Crippen LogP contribution in [-0.4, -0.2) is 49.7 Å². The minimum Gasteiger partial charge on any atom is -0.341 e. The maximum absolute atomic E-state index is 11.2. The van der Waals surface area contributed by atoms with Crippen molar-refractivity contribution in [2.24, 2.45) is 5.92 Å². The van der Waals surface area contributed by atoms with Crippen LogP contribution in [0.4, 0.5) is 4.79 Å². The van der Waals surface area contributed by atoms with Crippen LogP contribution >= 0.6 is 0 Å². The Labute approximate surface area is 73.5 Å². The van der Waals surface area contributed by atoms with Crippen molar-refractivity contribution < 1.29 is 4.79 Å². The molecule has 0 radical (unpaired) electrons. The van der Waals surface area contributed by atoms with E-state index in [-0.39, 0.29) is 6.03 Å². The lowest BCUT2D eigenvalue weighted by Crippen LogP contribution is -2.52. The van der Waals surface area contributed by atoms with Crippen LogP contribution < -0.4 is 5.32 Å². The number of hydrogen-bond acceptors (Lipinski definition) is 2. The molecule has 1 fully saturated rings. The Morgan fingerprint density at radius 1 is 1.50 bits per heavy atom. The highest BCUT2D eigenvalue weighted by Gasteiger charge is 2.22. The summed E-state index contributed by atoms with van der Waals surface area (Å²) in [5.41, 5.74) is 0. The van der Waals surface area contributed by atoms with E-state index in [0.717, 1.165) is 19.8 Å². The largest absolute Gasteiger partial charge is 0.341 e. The quantitative estimate of drug-likeness (QED) is 0.564. The predicted octanol–water partition coefficient (Wildman–Crippen LogP) is 0.167. The second-order valence-corrected chi connectivity index (χ2v) is 3.56. The van der Waals surface area contributed by atoms with Crippen LogP contribution in [0.2, 0.25) is 0 Å². The van der Waals surface area contributed by atoms with E-state index in [9.17, 15) is 4.79 Å². The molecule has 4 nitrogen and oxygen atoms in total. The van der Waals surface area contributed by atoms with Crippen LogP contribution in [0.1, 0.15) is 6.92 Å². The summed E-state index contributed by atoms with van der Waals surface area (Å²) in [6.45, 7) is 4.84. The normalized spacial score (nSPS) is 25.6. The van der Waals surface area contributed by atoms with Gasteiger partial charge in [0.1, 0.15) is 0 Å². The first kappa shape index (κ1) is 9.32. The Balaban J connectivity index is 2.49. The van der Waals surface area contributed by atoms with Crippen molar-refractivity contribution in [3.63, 3.8) is 0 Å². The minimum absolute atomic E-state index is 0.0217. The number of nitrogens with zero attached hydrogens (tertiary/aromatic N) is 2. The summed E-state index contributed by atoms with van der Waals surface area (Å²) < 4.78 is 0. The topological polar surface area (TPSA) is 35.6 Å². The molecular weight excluding hydrogens is 154 g/mol. The first-order valence-electron chi connectivity index (χ1n) is 4.28. The molecule has 1 saturated heterocycles. The standard InChI is InChI=1S/C8H17N3O/c1-7-4-10(3)6-11(5-7)8(12)9-2/h7H,4-6H2,1-3H3,(H,9,12). The van der Waals surface area contributed by atoms with Gasteiger partial charge in [-0.3, -0.25) is 4.90 Å². The van der Waals surface area contributed by atoms with Crippen LogP contribution in [0.5, 0.6) is 0 Å². The van der Waals surface area contributed by atoms with Gasteiger partial charge < -0.3 is 10.2 Å². The van der Waals surface area contributed by atoms with Crippen molar-refractivity contribution in [1.82, 2.24) is 15.1 Å². The van der Waals surface area contributed by atoms with E-state index in [1.807, 2.05) is 11.9 Å². The summed E-state index contributed by atoms with van der Waals surface area (Å²) in [6, 6.07) is 0.0217. The summed E-state index contributed by atoms with van der Waals surface area (Å²) in [6.07, 6.45) is 0. The fourth-order valence-electron chi connectivity index (χ4n) is 1.68. The molecule has 0 spiro atoms. The van der Waals surface area contributed by atoms with Crippen molar-refractivity contribution in [1.29, 1.82) is 0 Å². The monoisotopic (exact) mass is 171 g/mol. The molecule has 0 aromatic rings. The van der Waals surface area contributed by atoms with E-state index in [4.69, 9.17) is 0 Å². The number of carbonyl (C=O) groups is 1. The Hall–Kier alpha value is -0.770. The molecule has 1 aliphatic heterocycles. The highest BCUT2D eigenvalue weighted by molar-refractivity contribution is 5.73. The SMILES string of the molecule is CNC(=O)N1CC(C)CN(C)C1. The molecule has 2 amide bonds. The first-order chi connectivity index (χ1) is 5.63. The number of rotatable bonds is 0. The Morgan fingerprint density at radius 2 is 2.17 bits per heavy atom. The molecule has 1 N–H and O–H groups in total. The molecule has 0 aromatic carbocycles. The molecule has 1 heterocycles. The average molecular weight is 171 g/mol. The van der Waals surface area contributed by atoms with Gasteiger partial charge in [0.25, 0.3) is 0 Å². The molecule has 0 aromatic heterocycles. The number of nitrogens with one attached hydrogen (secondary N) is 1. The van der Waals surface area contributed by atoms with E-state index >= 15 is 0 Å². The average Bonchev–Trinajstić information content (AvgIpc) is 2.01. The molecule has 4 heteroatoms. The van der Waals surface area contributed by atoms with Crippen LogP contribution in [0.25, 0.3) is 0 Å². The van der Waals surface area contributed by atoms with Gasteiger partial charge in [-0.25, -0.2) is 4.79 Å². The van der Waals surface area contributed by atoms with Crippen LogP contribution in [0.15, 0.2) is 0 Å². The van der Waals surface area contributed by atoms with Crippen LogP contribution in [0.3, 0.4) is 0 Å². The first-order valence-corrected chi connectivity index (χ1v) is 4.28. The van der Waals surface area contributed by atoms with Gasteiger partial charge in [0, 0.05) is 20.1 Å². The summed E-state index contributed by atoms with van der Waals surface area (Å²) in [5, 5.41) is 2.64. The van der Waals surface area contributed by atoms with E-state index in [1.165, 1.54) is 0 Å². The molecule has 1 rings (SSSR count). The Morgan fingerprint density at radius 3 is 2.67 bits per heavy atom. The van der Waals surface area contributed by atoms with Gasteiger partial charge in [-0.2, -0.15) is 0 Å². The predicted molar refractivity (Wildman–Crippen MR) is 47.8 cm³/mol. The van der Waals surface area contributed by atoms with E-state index < -0.39 is 0 Å². The van der Waals surface area contributed by atoms with Gasteiger partial charge in [-0.15, -0.1) is 0 Å². The third-order valence-corrected chi connectivity index (χ3v) is 2.07. The third-order valence-electron chi connectivity index (χ3n) is 2.07. The summed E-state index contributed by atoms with van der Waals surface area (Å²) in [4.78, 5) is 15.2. The van der Waals surface area contributed by atoms with E-state index in [2.05, 4.69) is 17.1 Å². The van der Waals surface area contributed by atoms with Crippen molar-refractivity contribution in [2.45, 2.75) is 6.92 Å². The van der Waals surface area contributed by atoms with Gasteiger partial charge in [0.05, 0.1) is 6.67 Å². The highest BCUT2D eigenvalue weighted by Crippen LogP contribution is 2.09. The lowest BCUT2D eigenvalue weighted by Gasteiger charge is -2.36. The smallest absolute Gasteiger partial charge is 0.318 e. The zero-order chi connectivity index (χ0) is 9.14.